The van der Waals surface area contributed by atoms with E-state index in [1.54, 1.807) is 6.07 Å². The van der Waals surface area contributed by atoms with Crippen molar-refractivity contribution in [3.8, 4) is 0 Å². The molecule has 0 saturated carbocycles. The molecule has 0 atom stereocenters. The second kappa shape index (κ2) is 9.14. The summed E-state index contributed by atoms with van der Waals surface area (Å²) in [6.45, 7) is 1.35. The van der Waals surface area contributed by atoms with Gasteiger partial charge in [-0.2, -0.15) is 0 Å². The maximum Gasteiger partial charge on any atom is 0.337 e. The minimum atomic E-state index is -0.569. The molecule has 0 fully saturated rings. The highest BCUT2D eigenvalue weighted by Gasteiger charge is 2.19. The molecule has 8 heteroatoms. The molecule has 0 aliphatic rings. The Labute approximate surface area is 160 Å². The molecule has 1 N–H and O–H groups in total. The number of rotatable bonds is 6. The van der Waals surface area contributed by atoms with Gasteiger partial charge in [-0.1, -0.05) is 17.7 Å². The van der Waals surface area contributed by atoms with E-state index in [0.717, 1.165) is 0 Å². The fraction of sp³-hybridized carbons (Fsp3) is 0.211. The van der Waals surface area contributed by atoms with Gasteiger partial charge in [0, 0.05) is 25.6 Å². The number of methoxy groups -OCH3 is 1. The maximum absolute atomic E-state index is 13.2. The molecular formula is C19H18ClFN2O4. The molecule has 27 heavy (non-hydrogen) atoms. The lowest BCUT2D eigenvalue weighted by atomic mass is 10.1. The summed E-state index contributed by atoms with van der Waals surface area (Å²) >= 11 is 6.16. The number of nitrogens with zero attached hydrogens (tertiary/aromatic N) is 1. The summed E-state index contributed by atoms with van der Waals surface area (Å²) in [6, 6.07) is 9.88. The summed E-state index contributed by atoms with van der Waals surface area (Å²) in [5, 5.41) is 2.81. The molecule has 0 bridgehead atoms. The van der Waals surface area contributed by atoms with Gasteiger partial charge in [0.1, 0.15) is 5.82 Å². The number of esters is 1. The third-order valence-corrected chi connectivity index (χ3v) is 4.03. The fourth-order valence-electron chi connectivity index (χ4n) is 2.41. The van der Waals surface area contributed by atoms with Gasteiger partial charge in [0.2, 0.25) is 11.8 Å². The first kappa shape index (κ1) is 20.4. The van der Waals surface area contributed by atoms with E-state index in [1.807, 2.05) is 0 Å². The largest absolute Gasteiger partial charge is 0.465 e. The molecule has 0 unspecified atom stereocenters. The Balaban J connectivity index is 2.13. The number of amides is 2. The highest BCUT2D eigenvalue weighted by molar-refractivity contribution is 6.34. The number of nitrogens with one attached hydrogen (secondary N) is 1. The molecular weight excluding hydrogens is 375 g/mol. The Morgan fingerprint density at radius 1 is 1.19 bits per heavy atom. The lowest BCUT2D eigenvalue weighted by Crippen LogP contribution is -2.32. The number of halogens is 2. The van der Waals surface area contributed by atoms with E-state index in [2.05, 4.69) is 10.1 Å². The summed E-state index contributed by atoms with van der Waals surface area (Å²) in [5.41, 5.74) is 0.845. The third-order valence-electron chi connectivity index (χ3n) is 3.71. The molecule has 0 saturated heterocycles. The average molecular weight is 393 g/mol. The normalized spacial score (nSPS) is 10.2. The van der Waals surface area contributed by atoms with Crippen LogP contribution < -0.4 is 10.2 Å². The molecule has 0 aliphatic heterocycles. The zero-order valence-electron chi connectivity index (χ0n) is 14.8. The summed E-state index contributed by atoms with van der Waals surface area (Å²) in [7, 11) is 1.25. The number of ether oxygens (including phenoxy) is 1. The molecule has 0 aliphatic carbocycles. The Kier molecular flexibility index (Phi) is 6.90. The molecule has 0 heterocycles. The van der Waals surface area contributed by atoms with Crippen LogP contribution in [-0.4, -0.2) is 31.4 Å². The zero-order valence-corrected chi connectivity index (χ0v) is 15.5. The summed E-state index contributed by atoms with van der Waals surface area (Å²) in [6.07, 6.45) is -0.0468. The van der Waals surface area contributed by atoms with Crippen LogP contribution in [0.1, 0.15) is 23.7 Å². The fourth-order valence-corrected chi connectivity index (χ4v) is 2.63. The van der Waals surface area contributed by atoms with Crippen molar-refractivity contribution in [2.75, 3.05) is 23.9 Å². The second-order valence-corrected chi connectivity index (χ2v) is 6.04. The van der Waals surface area contributed by atoms with Crippen LogP contribution in [0, 0.1) is 5.82 Å². The van der Waals surface area contributed by atoms with Crippen LogP contribution in [0.15, 0.2) is 42.5 Å². The summed E-state index contributed by atoms with van der Waals surface area (Å²) in [5.74, 6) is -1.78. The van der Waals surface area contributed by atoms with Crippen LogP contribution in [0.3, 0.4) is 0 Å². The maximum atomic E-state index is 13.2. The first-order chi connectivity index (χ1) is 12.8. The summed E-state index contributed by atoms with van der Waals surface area (Å²) < 4.78 is 17.8. The van der Waals surface area contributed by atoms with Gasteiger partial charge in [0.25, 0.3) is 0 Å². The van der Waals surface area contributed by atoms with E-state index in [1.165, 1.54) is 55.3 Å². The first-order valence-corrected chi connectivity index (χ1v) is 8.41. The number of carbonyl (C=O) groups excluding carboxylic acids is 3. The standard InChI is InChI=1S/C19H18ClFN2O4/c1-12(24)23(17-10-13(19(26)27-2)6-7-16(17)20)9-8-18(25)22-15-5-3-4-14(21)11-15/h3-7,10-11H,8-9H2,1-2H3,(H,22,25). The minimum Gasteiger partial charge on any atom is -0.465 e. The quantitative estimate of drug-likeness (QED) is 0.761. The highest BCUT2D eigenvalue weighted by atomic mass is 35.5. The predicted octanol–water partition coefficient (Wildman–Crippen LogP) is 3.65. The van der Waals surface area contributed by atoms with Crippen molar-refractivity contribution in [3.63, 3.8) is 0 Å². The number of benzene rings is 2. The van der Waals surface area contributed by atoms with Crippen molar-refractivity contribution in [2.45, 2.75) is 13.3 Å². The molecule has 0 spiro atoms. The lowest BCUT2D eigenvalue weighted by Gasteiger charge is -2.22. The zero-order chi connectivity index (χ0) is 20.0. The van der Waals surface area contributed by atoms with E-state index >= 15 is 0 Å². The molecule has 142 valence electrons. The lowest BCUT2D eigenvalue weighted by molar-refractivity contribution is -0.117. The van der Waals surface area contributed by atoms with Crippen LogP contribution in [0.25, 0.3) is 0 Å². The summed E-state index contributed by atoms with van der Waals surface area (Å²) in [4.78, 5) is 37.1. The van der Waals surface area contributed by atoms with Crippen molar-refractivity contribution < 1.29 is 23.5 Å². The Morgan fingerprint density at radius 2 is 1.93 bits per heavy atom. The molecule has 0 aromatic heterocycles. The number of hydrogen-bond acceptors (Lipinski definition) is 4. The second-order valence-electron chi connectivity index (χ2n) is 5.64. The average Bonchev–Trinajstić information content (AvgIpc) is 2.62. The number of carbonyl (C=O) groups is 3. The topological polar surface area (TPSA) is 75.7 Å². The van der Waals surface area contributed by atoms with Crippen molar-refractivity contribution in [3.05, 3.63) is 58.9 Å². The van der Waals surface area contributed by atoms with Crippen LogP contribution in [-0.2, 0) is 14.3 Å². The predicted molar refractivity (Wildman–Crippen MR) is 100 cm³/mol. The van der Waals surface area contributed by atoms with Gasteiger partial charge in [0.05, 0.1) is 23.4 Å². The van der Waals surface area contributed by atoms with Crippen LogP contribution in [0.5, 0.6) is 0 Å². The Morgan fingerprint density at radius 3 is 2.56 bits per heavy atom. The van der Waals surface area contributed by atoms with E-state index in [0.29, 0.717) is 11.4 Å². The Bertz CT molecular complexity index is 873. The van der Waals surface area contributed by atoms with Gasteiger partial charge in [-0.3, -0.25) is 9.59 Å². The minimum absolute atomic E-state index is 0.0286. The molecule has 2 rings (SSSR count). The van der Waals surface area contributed by atoms with E-state index in [4.69, 9.17) is 11.6 Å². The van der Waals surface area contributed by atoms with E-state index in [9.17, 15) is 18.8 Å². The van der Waals surface area contributed by atoms with Gasteiger partial charge in [-0.15, -0.1) is 0 Å². The van der Waals surface area contributed by atoms with Crippen LogP contribution in [0.4, 0.5) is 15.8 Å². The van der Waals surface area contributed by atoms with Crippen LogP contribution >= 0.6 is 11.6 Å². The molecule has 2 amide bonds. The van der Waals surface area contributed by atoms with Gasteiger partial charge >= 0.3 is 5.97 Å². The van der Waals surface area contributed by atoms with E-state index in [-0.39, 0.29) is 29.5 Å². The monoisotopic (exact) mass is 392 g/mol. The van der Waals surface area contributed by atoms with Gasteiger partial charge in [-0.25, -0.2) is 9.18 Å². The molecule has 6 nitrogen and oxygen atoms in total. The highest BCUT2D eigenvalue weighted by Crippen LogP contribution is 2.28. The van der Waals surface area contributed by atoms with E-state index < -0.39 is 17.7 Å². The molecule has 2 aromatic carbocycles. The third kappa shape index (κ3) is 5.52. The van der Waals surface area contributed by atoms with Crippen molar-refractivity contribution in [1.29, 1.82) is 0 Å². The van der Waals surface area contributed by atoms with Gasteiger partial charge in [-0.05, 0) is 36.4 Å². The number of hydrogen-bond donors (Lipinski definition) is 1. The molecule has 0 radical (unpaired) electrons. The van der Waals surface area contributed by atoms with Crippen molar-refractivity contribution in [2.24, 2.45) is 0 Å². The van der Waals surface area contributed by atoms with Crippen molar-refractivity contribution in [1.82, 2.24) is 0 Å². The van der Waals surface area contributed by atoms with Gasteiger partial charge in [0.15, 0.2) is 0 Å². The molecule has 2 aromatic rings. The van der Waals surface area contributed by atoms with Crippen LogP contribution in [0.2, 0.25) is 5.02 Å². The smallest absolute Gasteiger partial charge is 0.337 e. The van der Waals surface area contributed by atoms with Crippen molar-refractivity contribution >= 4 is 40.8 Å². The first-order valence-electron chi connectivity index (χ1n) is 8.03. The number of anilines is 2. The SMILES string of the molecule is COC(=O)c1ccc(Cl)c(N(CCC(=O)Nc2cccc(F)c2)C(C)=O)c1. The van der Waals surface area contributed by atoms with Gasteiger partial charge < -0.3 is 15.0 Å². The Hall–Kier alpha value is -2.93.